The van der Waals surface area contributed by atoms with Gasteiger partial charge in [-0.2, -0.15) is 11.3 Å². The molecule has 3 nitrogen and oxygen atoms in total. The van der Waals surface area contributed by atoms with Gasteiger partial charge in [0.25, 0.3) is 0 Å². The van der Waals surface area contributed by atoms with Crippen LogP contribution in [0.15, 0.2) is 39.9 Å². The molecule has 0 aliphatic heterocycles. The highest BCUT2D eigenvalue weighted by Crippen LogP contribution is 2.41. The van der Waals surface area contributed by atoms with E-state index in [1.54, 1.807) is 30.4 Å². The Labute approximate surface area is 146 Å². The lowest BCUT2D eigenvalue weighted by Crippen LogP contribution is -2.38. The van der Waals surface area contributed by atoms with Gasteiger partial charge in [0, 0.05) is 17.0 Å². The lowest BCUT2D eigenvalue weighted by Gasteiger charge is -2.28. The maximum Gasteiger partial charge on any atom is 0.240 e. The second-order valence-corrected chi connectivity index (χ2v) is 9.19. The minimum atomic E-state index is -3.56. The minimum absolute atomic E-state index is 0.0699. The molecule has 1 aliphatic carbocycles. The first kappa shape index (κ1) is 17.0. The van der Waals surface area contributed by atoms with Gasteiger partial charge in [-0.05, 0) is 59.9 Å². The molecule has 1 fully saturated rings. The molecule has 0 spiro atoms. The van der Waals surface area contributed by atoms with Gasteiger partial charge >= 0.3 is 0 Å². The summed E-state index contributed by atoms with van der Waals surface area (Å²) in [4.78, 5) is 0.267. The molecule has 0 amide bonds. The lowest BCUT2D eigenvalue weighted by atomic mass is 9.81. The van der Waals surface area contributed by atoms with Gasteiger partial charge in [-0.3, -0.25) is 0 Å². The monoisotopic (exact) mass is 369 g/mol. The van der Waals surface area contributed by atoms with Crippen LogP contribution in [-0.4, -0.2) is 15.0 Å². The Morgan fingerprint density at radius 3 is 2.65 bits per heavy atom. The molecule has 6 heteroatoms. The Kier molecular flexibility index (Phi) is 4.83. The number of aryl methyl sites for hydroxylation is 1. The molecular weight excluding hydrogens is 350 g/mol. The van der Waals surface area contributed by atoms with Crippen LogP contribution in [0.3, 0.4) is 0 Å². The average molecular weight is 370 g/mol. The average Bonchev–Trinajstić information content (AvgIpc) is 3.19. The molecule has 1 aliphatic rings. The van der Waals surface area contributed by atoms with Crippen LogP contribution in [0, 0.1) is 6.92 Å². The fourth-order valence-electron chi connectivity index (χ4n) is 3.36. The molecule has 0 unspecified atom stereocenters. The summed E-state index contributed by atoms with van der Waals surface area (Å²) in [7, 11) is -3.56. The summed E-state index contributed by atoms with van der Waals surface area (Å²) in [5.41, 5.74) is 1.89. The second-order valence-electron chi connectivity index (χ2n) is 6.23. The molecule has 1 saturated carbocycles. The van der Waals surface area contributed by atoms with Crippen molar-refractivity contribution in [3.63, 3.8) is 0 Å². The number of hydrogen-bond donors (Lipinski definition) is 1. The van der Waals surface area contributed by atoms with E-state index in [1.165, 1.54) is 11.6 Å². The first-order valence-electron chi connectivity index (χ1n) is 7.71. The summed E-state index contributed by atoms with van der Waals surface area (Å²) in [6.07, 6.45) is 4.35. The summed E-state index contributed by atoms with van der Waals surface area (Å²) in [6, 6.07) is 7.08. The number of nitrogens with one attached hydrogen (secondary N) is 1. The maximum atomic E-state index is 12.7. The van der Waals surface area contributed by atoms with Crippen LogP contribution in [0.4, 0.5) is 0 Å². The maximum absolute atomic E-state index is 12.7. The van der Waals surface area contributed by atoms with E-state index < -0.39 is 10.0 Å². The molecule has 1 N–H and O–H groups in total. The standard InChI is InChI=1S/C17H20ClNO2S2/c1-13-4-5-15(18)10-16(13)23(20,21)19-12-17(7-2-3-8-17)14-6-9-22-11-14/h4-6,9-11,19H,2-3,7-8,12H2,1H3. The molecular formula is C17H20ClNO2S2. The normalized spacial score (nSPS) is 17.5. The molecule has 0 saturated heterocycles. The zero-order chi connectivity index (χ0) is 16.5. The number of hydrogen-bond acceptors (Lipinski definition) is 3. The molecule has 0 radical (unpaired) electrons. The van der Waals surface area contributed by atoms with Crippen molar-refractivity contribution in [1.29, 1.82) is 0 Å². The number of rotatable bonds is 5. The zero-order valence-corrected chi connectivity index (χ0v) is 15.4. The van der Waals surface area contributed by atoms with Gasteiger partial charge in [-0.25, -0.2) is 13.1 Å². The van der Waals surface area contributed by atoms with Gasteiger partial charge in [0.2, 0.25) is 10.0 Å². The van der Waals surface area contributed by atoms with Crippen molar-refractivity contribution in [2.24, 2.45) is 0 Å². The third-order valence-corrected chi connectivity index (χ3v) is 7.20. The number of sulfonamides is 1. The fraction of sp³-hybridized carbons (Fsp3) is 0.412. The van der Waals surface area contributed by atoms with Gasteiger partial charge in [0.05, 0.1) is 4.90 Å². The van der Waals surface area contributed by atoms with Gasteiger partial charge in [-0.15, -0.1) is 0 Å². The van der Waals surface area contributed by atoms with Gasteiger partial charge in [0.15, 0.2) is 0 Å². The molecule has 0 atom stereocenters. The van der Waals surface area contributed by atoms with E-state index in [0.29, 0.717) is 17.1 Å². The molecule has 1 heterocycles. The first-order chi connectivity index (χ1) is 10.9. The summed E-state index contributed by atoms with van der Waals surface area (Å²) < 4.78 is 28.2. The highest BCUT2D eigenvalue weighted by molar-refractivity contribution is 7.89. The highest BCUT2D eigenvalue weighted by Gasteiger charge is 2.37. The summed E-state index contributed by atoms with van der Waals surface area (Å²) in [5.74, 6) is 0. The smallest absolute Gasteiger partial charge is 0.210 e. The van der Waals surface area contributed by atoms with Crippen molar-refractivity contribution in [2.75, 3.05) is 6.54 Å². The predicted octanol–water partition coefficient (Wildman–Crippen LogP) is 4.50. The molecule has 23 heavy (non-hydrogen) atoms. The van der Waals surface area contributed by atoms with Gasteiger partial charge in [0.1, 0.15) is 0 Å². The Bertz CT molecular complexity index is 779. The Hall–Kier alpha value is -0.880. The van der Waals surface area contributed by atoms with Crippen molar-refractivity contribution in [2.45, 2.75) is 42.9 Å². The van der Waals surface area contributed by atoms with E-state index in [0.717, 1.165) is 25.7 Å². The van der Waals surface area contributed by atoms with Crippen molar-refractivity contribution in [3.05, 3.63) is 51.2 Å². The van der Waals surface area contributed by atoms with Crippen LogP contribution in [0.1, 0.15) is 36.8 Å². The lowest BCUT2D eigenvalue weighted by molar-refractivity contribution is 0.433. The van der Waals surface area contributed by atoms with Gasteiger partial charge in [-0.1, -0.05) is 30.5 Å². The van der Waals surface area contributed by atoms with Crippen molar-refractivity contribution in [1.82, 2.24) is 4.72 Å². The van der Waals surface area contributed by atoms with E-state index in [-0.39, 0.29) is 10.3 Å². The van der Waals surface area contributed by atoms with E-state index in [2.05, 4.69) is 21.5 Å². The largest absolute Gasteiger partial charge is 0.240 e. The van der Waals surface area contributed by atoms with E-state index in [9.17, 15) is 8.42 Å². The SMILES string of the molecule is Cc1ccc(Cl)cc1S(=O)(=O)NCC1(c2ccsc2)CCCC1. The zero-order valence-electron chi connectivity index (χ0n) is 13.0. The van der Waals surface area contributed by atoms with E-state index in [4.69, 9.17) is 11.6 Å². The van der Waals surface area contributed by atoms with Gasteiger partial charge < -0.3 is 0 Å². The van der Waals surface area contributed by atoms with E-state index in [1.807, 2.05) is 0 Å². The third kappa shape index (κ3) is 3.48. The summed E-state index contributed by atoms with van der Waals surface area (Å²) >= 11 is 7.63. The fourth-order valence-corrected chi connectivity index (χ4v) is 5.77. The topological polar surface area (TPSA) is 46.2 Å². The summed E-state index contributed by atoms with van der Waals surface area (Å²) in [6.45, 7) is 2.23. The van der Waals surface area contributed by atoms with Crippen molar-refractivity contribution < 1.29 is 8.42 Å². The van der Waals surface area contributed by atoms with Crippen LogP contribution in [-0.2, 0) is 15.4 Å². The number of thiophene rings is 1. The quantitative estimate of drug-likeness (QED) is 0.843. The van der Waals surface area contributed by atoms with Crippen LogP contribution in [0.25, 0.3) is 0 Å². The molecule has 1 aromatic carbocycles. The minimum Gasteiger partial charge on any atom is -0.210 e. The van der Waals surface area contributed by atoms with Crippen LogP contribution in [0.2, 0.25) is 5.02 Å². The Morgan fingerprint density at radius 1 is 1.26 bits per heavy atom. The Balaban J connectivity index is 1.85. The highest BCUT2D eigenvalue weighted by atomic mass is 35.5. The van der Waals surface area contributed by atoms with Crippen LogP contribution in [0.5, 0.6) is 0 Å². The number of halogens is 1. The second kappa shape index (κ2) is 6.55. The van der Waals surface area contributed by atoms with Crippen LogP contribution >= 0.6 is 22.9 Å². The molecule has 3 rings (SSSR count). The molecule has 0 bridgehead atoms. The molecule has 2 aromatic rings. The van der Waals surface area contributed by atoms with E-state index >= 15 is 0 Å². The summed E-state index contributed by atoms with van der Waals surface area (Å²) in [5, 5.41) is 4.64. The van der Waals surface area contributed by atoms with Crippen molar-refractivity contribution in [3.8, 4) is 0 Å². The third-order valence-electron chi connectivity index (χ3n) is 4.73. The Morgan fingerprint density at radius 2 is 2.00 bits per heavy atom. The number of benzene rings is 1. The molecule has 1 aromatic heterocycles. The van der Waals surface area contributed by atoms with Crippen LogP contribution < -0.4 is 4.72 Å². The molecule has 124 valence electrons. The van der Waals surface area contributed by atoms with Crippen molar-refractivity contribution >= 4 is 33.0 Å². The predicted molar refractivity (Wildman–Crippen MR) is 95.8 cm³/mol. The first-order valence-corrected chi connectivity index (χ1v) is 10.5.